The summed E-state index contributed by atoms with van der Waals surface area (Å²) in [6.07, 6.45) is 3.76. The van der Waals surface area contributed by atoms with Crippen LogP contribution in [0.4, 0.5) is 5.69 Å². The number of fused-ring (bicyclic) bond motifs is 1. The molecule has 0 saturated heterocycles. The molecule has 22 heavy (non-hydrogen) atoms. The van der Waals surface area contributed by atoms with Gasteiger partial charge in [0.15, 0.2) is 18.9 Å². The number of aromatic nitrogens is 1. The van der Waals surface area contributed by atoms with Gasteiger partial charge >= 0.3 is 0 Å². The topological polar surface area (TPSA) is 47.0 Å². The lowest BCUT2D eigenvalue weighted by molar-refractivity contribution is -0.687. The predicted octanol–water partition coefficient (Wildman–Crippen LogP) is 0.850. The van der Waals surface area contributed by atoms with Crippen molar-refractivity contribution in [3.05, 3.63) is 81.1 Å². The highest BCUT2D eigenvalue weighted by molar-refractivity contribution is 9.10. The molecule has 0 saturated carbocycles. The Labute approximate surface area is 146 Å². The van der Waals surface area contributed by atoms with Gasteiger partial charge in [-0.05, 0) is 6.07 Å². The summed E-state index contributed by atoms with van der Waals surface area (Å²) in [4.78, 5) is 10.8. The average molecular weight is 424 g/mol. The lowest BCUT2D eigenvalue weighted by atomic mass is 10.1. The van der Waals surface area contributed by atoms with E-state index in [1.54, 1.807) is 6.07 Å². The van der Waals surface area contributed by atoms with Crippen LogP contribution >= 0.6 is 15.9 Å². The first-order valence-corrected chi connectivity index (χ1v) is 7.24. The zero-order valence-electron chi connectivity index (χ0n) is 11.4. The van der Waals surface area contributed by atoms with Crippen LogP contribution in [0.15, 0.2) is 65.4 Å². The Kier molecular flexibility index (Phi) is 5.26. The fourth-order valence-corrected chi connectivity index (χ4v) is 2.81. The van der Waals surface area contributed by atoms with Gasteiger partial charge in [-0.25, -0.2) is 0 Å². The molecule has 0 bridgehead atoms. The van der Waals surface area contributed by atoms with E-state index in [4.69, 9.17) is 0 Å². The van der Waals surface area contributed by atoms with E-state index in [1.807, 2.05) is 53.4 Å². The van der Waals surface area contributed by atoms with Gasteiger partial charge in [0.25, 0.3) is 5.69 Å². The van der Waals surface area contributed by atoms with Crippen molar-refractivity contribution in [1.29, 1.82) is 0 Å². The van der Waals surface area contributed by atoms with Crippen molar-refractivity contribution in [3.8, 4) is 0 Å². The van der Waals surface area contributed by atoms with Crippen molar-refractivity contribution in [1.82, 2.24) is 0 Å². The SMILES string of the molecule is O=[N+]([O-])c1ccc(Br)c2cc[n+](Cc3ccccc3)cc12.[Br-]. The van der Waals surface area contributed by atoms with Crippen LogP contribution in [-0.4, -0.2) is 4.92 Å². The van der Waals surface area contributed by atoms with E-state index in [2.05, 4.69) is 15.9 Å². The zero-order valence-corrected chi connectivity index (χ0v) is 14.6. The molecule has 0 aliphatic heterocycles. The number of hydrogen-bond donors (Lipinski definition) is 0. The molecule has 2 aromatic carbocycles. The van der Waals surface area contributed by atoms with E-state index in [9.17, 15) is 10.1 Å². The molecule has 6 heteroatoms. The maximum absolute atomic E-state index is 11.2. The van der Waals surface area contributed by atoms with Crippen LogP contribution in [0.1, 0.15) is 5.56 Å². The minimum absolute atomic E-state index is 0. The third kappa shape index (κ3) is 3.34. The van der Waals surface area contributed by atoms with Gasteiger partial charge < -0.3 is 17.0 Å². The number of hydrogen-bond acceptors (Lipinski definition) is 2. The molecule has 0 unspecified atom stereocenters. The molecule has 0 aliphatic carbocycles. The number of nitrogens with zero attached hydrogens (tertiary/aromatic N) is 2. The second-order valence-electron chi connectivity index (χ2n) is 4.75. The fourth-order valence-electron chi connectivity index (χ4n) is 2.33. The molecule has 112 valence electrons. The van der Waals surface area contributed by atoms with Crippen LogP contribution in [0.5, 0.6) is 0 Å². The Morgan fingerprint density at radius 3 is 2.45 bits per heavy atom. The monoisotopic (exact) mass is 422 g/mol. The number of nitro groups is 1. The minimum atomic E-state index is -0.346. The Morgan fingerprint density at radius 2 is 1.77 bits per heavy atom. The third-order valence-electron chi connectivity index (χ3n) is 3.34. The molecule has 0 fully saturated rings. The van der Waals surface area contributed by atoms with Gasteiger partial charge in [-0.15, -0.1) is 0 Å². The molecule has 3 rings (SSSR count). The van der Waals surface area contributed by atoms with E-state index < -0.39 is 0 Å². The summed E-state index contributed by atoms with van der Waals surface area (Å²) >= 11 is 3.44. The maximum atomic E-state index is 11.2. The van der Waals surface area contributed by atoms with Gasteiger partial charge in [0, 0.05) is 27.6 Å². The molecule has 1 heterocycles. The zero-order chi connectivity index (χ0) is 14.8. The summed E-state index contributed by atoms with van der Waals surface area (Å²) in [7, 11) is 0. The third-order valence-corrected chi connectivity index (χ3v) is 4.03. The molecule has 0 amide bonds. The molecule has 0 spiro atoms. The number of pyridine rings is 1. The van der Waals surface area contributed by atoms with Crippen LogP contribution in [0, 0.1) is 10.1 Å². The quantitative estimate of drug-likeness (QED) is 0.356. The van der Waals surface area contributed by atoms with Crippen LogP contribution in [0.3, 0.4) is 0 Å². The second kappa shape index (κ2) is 6.98. The first-order chi connectivity index (χ1) is 10.1. The molecular formula is C16H12Br2N2O2. The largest absolute Gasteiger partial charge is 1.00 e. The highest BCUT2D eigenvalue weighted by atomic mass is 79.9. The van der Waals surface area contributed by atoms with Crippen LogP contribution in [-0.2, 0) is 6.54 Å². The summed E-state index contributed by atoms with van der Waals surface area (Å²) in [5.74, 6) is 0. The van der Waals surface area contributed by atoms with Gasteiger partial charge in [-0.3, -0.25) is 10.1 Å². The normalized spacial score (nSPS) is 10.2. The van der Waals surface area contributed by atoms with E-state index in [0.717, 1.165) is 15.4 Å². The Balaban J connectivity index is 0.00000176. The number of rotatable bonds is 3. The van der Waals surface area contributed by atoms with E-state index in [-0.39, 0.29) is 27.6 Å². The van der Waals surface area contributed by atoms with Crippen LogP contribution in [0.25, 0.3) is 10.8 Å². The van der Waals surface area contributed by atoms with Crippen molar-refractivity contribution >= 4 is 32.4 Å². The van der Waals surface area contributed by atoms with Crippen molar-refractivity contribution < 1.29 is 26.5 Å². The number of halogens is 2. The number of benzene rings is 2. The Hall–Kier alpha value is -1.79. The van der Waals surface area contributed by atoms with Gasteiger partial charge in [0.1, 0.15) is 5.39 Å². The fraction of sp³-hybridized carbons (Fsp3) is 0.0625. The molecule has 1 aromatic heterocycles. The lowest BCUT2D eigenvalue weighted by Gasteiger charge is -2.02. The molecule has 0 N–H and O–H groups in total. The lowest BCUT2D eigenvalue weighted by Crippen LogP contribution is -3.00. The standard InChI is InChI=1S/C16H12BrN2O2.BrH/c17-15-6-7-16(19(20)21)14-11-18(9-8-13(14)15)10-12-4-2-1-3-5-12;/h1-9,11H,10H2;1H/q+1;/p-1. The Morgan fingerprint density at radius 1 is 1.05 bits per heavy atom. The first kappa shape index (κ1) is 16.6. The van der Waals surface area contributed by atoms with Gasteiger partial charge in [0.2, 0.25) is 0 Å². The van der Waals surface area contributed by atoms with Crippen molar-refractivity contribution in [2.75, 3.05) is 0 Å². The molecule has 3 aromatic rings. The number of nitro benzene ring substituents is 1. The molecule has 0 aliphatic rings. The van der Waals surface area contributed by atoms with Gasteiger partial charge in [0.05, 0.1) is 4.92 Å². The minimum Gasteiger partial charge on any atom is -1.00 e. The summed E-state index contributed by atoms with van der Waals surface area (Å²) in [6.45, 7) is 0.681. The van der Waals surface area contributed by atoms with Gasteiger partial charge in [-0.2, -0.15) is 4.57 Å². The summed E-state index contributed by atoms with van der Waals surface area (Å²) in [5, 5.41) is 12.7. The highest BCUT2D eigenvalue weighted by Gasteiger charge is 2.17. The van der Waals surface area contributed by atoms with E-state index >= 15 is 0 Å². The van der Waals surface area contributed by atoms with Crippen molar-refractivity contribution in [2.24, 2.45) is 0 Å². The summed E-state index contributed by atoms with van der Waals surface area (Å²) in [6, 6.07) is 15.1. The van der Waals surface area contributed by atoms with Crippen LogP contribution in [0.2, 0.25) is 0 Å². The van der Waals surface area contributed by atoms with E-state index in [1.165, 1.54) is 6.07 Å². The maximum Gasteiger partial charge on any atom is 0.283 e. The average Bonchev–Trinajstić information content (AvgIpc) is 2.48. The second-order valence-corrected chi connectivity index (χ2v) is 5.61. The van der Waals surface area contributed by atoms with Crippen molar-refractivity contribution in [3.63, 3.8) is 0 Å². The van der Waals surface area contributed by atoms with Gasteiger partial charge in [-0.1, -0.05) is 46.3 Å². The molecule has 0 atom stereocenters. The predicted molar refractivity (Wildman–Crippen MR) is 84.0 cm³/mol. The smallest absolute Gasteiger partial charge is 0.283 e. The summed E-state index contributed by atoms with van der Waals surface area (Å²) in [5.41, 5.74) is 1.27. The first-order valence-electron chi connectivity index (χ1n) is 6.45. The van der Waals surface area contributed by atoms with E-state index in [0.29, 0.717) is 11.9 Å². The number of non-ortho nitro benzene ring substituents is 1. The molecule has 0 radical (unpaired) electrons. The van der Waals surface area contributed by atoms with Crippen molar-refractivity contribution in [2.45, 2.75) is 6.54 Å². The van der Waals surface area contributed by atoms with Crippen LogP contribution < -0.4 is 21.5 Å². The highest BCUT2D eigenvalue weighted by Crippen LogP contribution is 2.30. The molecular weight excluding hydrogens is 412 g/mol. The Bertz CT molecular complexity index is 823. The molecule has 4 nitrogen and oxygen atoms in total. The summed E-state index contributed by atoms with van der Waals surface area (Å²) < 4.78 is 2.81.